The van der Waals surface area contributed by atoms with E-state index in [-0.39, 0.29) is 11.8 Å². The Labute approximate surface area is 166 Å². The minimum absolute atomic E-state index is 0.172. The van der Waals surface area contributed by atoms with Crippen LogP contribution in [0.2, 0.25) is 0 Å². The minimum Gasteiger partial charge on any atom is -0.356 e. The molecule has 0 unspecified atom stereocenters. The highest BCUT2D eigenvalue weighted by Gasteiger charge is 2.26. The molecule has 1 fully saturated rings. The lowest BCUT2D eigenvalue weighted by Crippen LogP contribution is -2.35. The van der Waals surface area contributed by atoms with Gasteiger partial charge in [0.05, 0.1) is 5.69 Å². The van der Waals surface area contributed by atoms with Crippen LogP contribution in [-0.2, 0) is 4.79 Å². The number of nitrogens with zero attached hydrogens (tertiary/aromatic N) is 3. The van der Waals surface area contributed by atoms with E-state index in [1.165, 1.54) is 0 Å². The van der Waals surface area contributed by atoms with Crippen LogP contribution in [0.5, 0.6) is 0 Å². The lowest BCUT2D eigenvalue weighted by molar-refractivity contribution is -0.125. The zero-order valence-corrected chi connectivity index (χ0v) is 16.3. The van der Waals surface area contributed by atoms with E-state index in [1.54, 1.807) is 6.33 Å². The van der Waals surface area contributed by atoms with Crippen LogP contribution in [0.1, 0.15) is 56.6 Å². The van der Waals surface area contributed by atoms with Crippen LogP contribution in [0, 0.1) is 11.8 Å². The second-order valence-electron chi connectivity index (χ2n) is 8.00. The molecule has 1 N–H and O–H groups in total. The number of allylic oxidation sites excluding steroid dienone is 2. The van der Waals surface area contributed by atoms with Crippen molar-refractivity contribution in [3.8, 4) is 11.1 Å². The van der Waals surface area contributed by atoms with Gasteiger partial charge in [-0.2, -0.15) is 0 Å². The van der Waals surface area contributed by atoms with Crippen molar-refractivity contribution in [1.82, 2.24) is 20.3 Å². The van der Waals surface area contributed by atoms with E-state index < -0.39 is 0 Å². The van der Waals surface area contributed by atoms with Gasteiger partial charge in [-0.15, -0.1) is 0 Å². The first kappa shape index (κ1) is 18.8. The largest absolute Gasteiger partial charge is 0.356 e. The highest BCUT2D eigenvalue weighted by atomic mass is 16.1. The molecule has 4 rings (SSSR count). The summed E-state index contributed by atoms with van der Waals surface area (Å²) in [5.41, 5.74) is 3.39. The molecule has 0 aliphatic heterocycles. The topological polar surface area (TPSA) is 67.8 Å². The molecule has 0 spiro atoms. The second-order valence-corrected chi connectivity index (χ2v) is 8.00. The summed E-state index contributed by atoms with van der Waals surface area (Å²) in [4.78, 5) is 25.3. The Morgan fingerprint density at radius 3 is 2.61 bits per heavy atom. The molecule has 2 heterocycles. The number of rotatable bonds is 5. The summed E-state index contributed by atoms with van der Waals surface area (Å²) in [6.45, 7) is 0.812. The Morgan fingerprint density at radius 1 is 1.04 bits per heavy atom. The van der Waals surface area contributed by atoms with Crippen molar-refractivity contribution in [1.29, 1.82) is 0 Å². The molecule has 2 aliphatic carbocycles. The van der Waals surface area contributed by atoms with Gasteiger partial charge in [-0.3, -0.25) is 9.78 Å². The van der Waals surface area contributed by atoms with E-state index in [1.807, 2.05) is 30.7 Å². The van der Waals surface area contributed by atoms with Crippen molar-refractivity contribution < 1.29 is 4.79 Å². The first-order chi connectivity index (χ1) is 13.8. The Bertz CT molecular complexity index is 812. The van der Waals surface area contributed by atoms with Crippen molar-refractivity contribution in [3.63, 3.8) is 0 Å². The Morgan fingerprint density at radius 2 is 1.86 bits per heavy atom. The van der Waals surface area contributed by atoms with E-state index in [0.717, 1.165) is 68.3 Å². The third-order valence-corrected chi connectivity index (χ3v) is 6.17. The van der Waals surface area contributed by atoms with Gasteiger partial charge in [0, 0.05) is 42.5 Å². The maximum absolute atomic E-state index is 12.4. The molecule has 1 saturated carbocycles. The van der Waals surface area contributed by atoms with Crippen LogP contribution in [0.3, 0.4) is 0 Å². The quantitative estimate of drug-likeness (QED) is 0.791. The summed E-state index contributed by atoms with van der Waals surface area (Å²) in [6.07, 6.45) is 18.9. The highest BCUT2D eigenvalue weighted by Crippen LogP contribution is 2.38. The fourth-order valence-corrected chi connectivity index (χ4v) is 4.48. The molecule has 0 aromatic carbocycles. The van der Waals surface area contributed by atoms with Gasteiger partial charge in [-0.05, 0) is 68.6 Å². The van der Waals surface area contributed by atoms with Crippen molar-refractivity contribution >= 4 is 5.91 Å². The zero-order chi connectivity index (χ0) is 19.2. The number of carbonyl (C=O) groups excluding carboxylic acids is 1. The van der Waals surface area contributed by atoms with E-state index in [0.29, 0.717) is 11.8 Å². The number of nitrogens with one attached hydrogen (secondary N) is 1. The number of amides is 1. The van der Waals surface area contributed by atoms with Crippen LogP contribution in [0.15, 0.2) is 49.2 Å². The van der Waals surface area contributed by atoms with Crippen molar-refractivity contribution in [2.45, 2.75) is 50.9 Å². The first-order valence-corrected chi connectivity index (χ1v) is 10.4. The number of hydrogen-bond donors (Lipinski definition) is 1. The monoisotopic (exact) mass is 376 g/mol. The smallest absolute Gasteiger partial charge is 0.223 e. The summed E-state index contributed by atoms with van der Waals surface area (Å²) >= 11 is 0. The van der Waals surface area contributed by atoms with Gasteiger partial charge in [0.1, 0.15) is 6.33 Å². The van der Waals surface area contributed by atoms with Gasteiger partial charge in [0.2, 0.25) is 5.91 Å². The van der Waals surface area contributed by atoms with Gasteiger partial charge in [-0.25, -0.2) is 9.97 Å². The molecule has 0 saturated heterocycles. The first-order valence-electron chi connectivity index (χ1n) is 10.4. The molecule has 146 valence electrons. The van der Waals surface area contributed by atoms with Gasteiger partial charge >= 0.3 is 0 Å². The van der Waals surface area contributed by atoms with Crippen molar-refractivity contribution in [3.05, 3.63) is 54.9 Å². The zero-order valence-electron chi connectivity index (χ0n) is 16.3. The lowest BCUT2D eigenvalue weighted by Gasteiger charge is -2.29. The van der Waals surface area contributed by atoms with Gasteiger partial charge in [0.15, 0.2) is 0 Å². The van der Waals surface area contributed by atoms with Crippen LogP contribution in [-0.4, -0.2) is 27.4 Å². The molecule has 2 aromatic rings. The van der Waals surface area contributed by atoms with E-state index in [9.17, 15) is 4.79 Å². The molecular formula is C23H28N4O. The number of pyridine rings is 1. The summed E-state index contributed by atoms with van der Waals surface area (Å²) in [6, 6.07) is 4.04. The number of aromatic nitrogens is 3. The molecular weight excluding hydrogens is 348 g/mol. The van der Waals surface area contributed by atoms with Crippen LogP contribution in [0.25, 0.3) is 11.1 Å². The van der Waals surface area contributed by atoms with Crippen LogP contribution in [0.4, 0.5) is 0 Å². The number of carbonyl (C=O) groups is 1. The van der Waals surface area contributed by atoms with Gasteiger partial charge < -0.3 is 5.32 Å². The van der Waals surface area contributed by atoms with Crippen molar-refractivity contribution in [2.24, 2.45) is 11.8 Å². The standard InChI is InChI=1S/C23H28N4O/c28-23(20-4-2-1-3-5-20)26-14-17-6-8-19(9-7-17)22-21(15-25-16-27-22)18-10-12-24-13-11-18/h1-2,10-13,15-17,19-20H,3-9,14H2,(H,26,28)/t17?,19?,20-/m1/s1. The molecule has 5 nitrogen and oxygen atoms in total. The number of hydrogen-bond acceptors (Lipinski definition) is 4. The SMILES string of the molecule is O=C(NCC1CCC(c2ncncc2-c2ccncc2)CC1)[C@@H]1CC=CCC1. The average Bonchev–Trinajstić information content (AvgIpc) is 2.79. The predicted molar refractivity (Wildman–Crippen MR) is 109 cm³/mol. The summed E-state index contributed by atoms with van der Waals surface area (Å²) < 4.78 is 0. The predicted octanol–water partition coefficient (Wildman–Crippen LogP) is 4.28. The minimum atomic E-state index is 0.172. The summed E-state index contributed by atoms with van der Waals surface area (Å²) in [5, 5.41) is 3.21. The second kappa shape index (κ2) is 9.09. The van der Waals surface area contributed by atoms with Crippen LogP contribution < -0.4 is 5.32 Å². The molecule has 0 bridgehead atoms. The highest BCUT2D eigenvalue weighted by molar-refractivity contribution is 5.79. The fourth-order valence-electron chi connectivity index (χ4n) is 4.48. The Kier molecular flexibility index (Phi) is 6.10. The molecule has 2 aliphatic rings. The Hall–Kier alpha value is -2.56. The summed E-state index contributed by atoms with van der Waals surface area (Å²) in [5.74, 6) is 1.44. The molecule has 1 atom stereocenters. The maximum Gasteiger partial charge on any atom is 0.223 e. The fraction of sp³-hybridized carbons (Fsp3) is 0.478. The average molecular weight is 377 g/mol. The molecule has 1 amide bonds. The molecule has 2 aromatic heterocycles. The van der Waals surface area contributed by atoms with E-state index >= 15 is 0 Å². The lowest BCUT2D eigenvalue weighted by atomic mass is 9.79. The van der Waals surface area contributed by atoms with Gasteiger partial charge in [0.25, 0.3) is 0 Å². The normalized spacial score (nSPS) is 24.6. The molecule has 5 heteroatoms. The third kappa shape index (κ3) is 4.46. The van der Waals surface area contributed by atoms with Crippen molar-refractivity contribution in [2.75, 3.05) is 6.54 Å². The molecule has 0 radical (unpaired) electrons. The van der Waals surface area contributed by atoms with Gasteiger partial charge in [-0.1, -0.05) is 12.2 Å². The van der Waals surface area contributed by atoms with E-state index in [4.69, 9.17) is 0 Å². The Balaban J connectivity index is 1.32. The third-order valence-electron chi connectivity index (χ3n) is 6.17. The maximum atomic E-state index is 12.4. The summed E-state index contributed by atoms with van der Waals surface area (Å²) in [7, 11) is 0. The van der Waals surface area contributed by atoms with Crippen LogP contribution >= 0.6 is 0 Å². The molecule has 28 heavy (non-hydrogen) atoms. The van der Waals surface area contributed by atoms with E-state index in [2.05, 4.69) is 32.4 Å².